The molecule has 1 N–H and O–H groups in total. The zero-order valence-electron chi connectivity index (χ0n) is 20.2. The molecule has 0 aliphatic carbocycles. The quantitative estimate of drug-likeness (QED) is 0.491. The maximum absolute atomic E-state index is 13.4. The molecule has 0 fully saturated rings. The highest BCUT2D eigenvalue weighted by Crippen LogP contribution is 2.43. The van der Waals surface area contributed by atoms with E-state index in [4.69, 9.17) is 18.9 Å². The molecule has 0 saturated heterocycles. The van der Waals surface area contributed by atoms with Crippen LogP contribution in [0.4, 0.5) is 5.69 Å². The lowest BCUT2D eigenvalue weighted by Crippen LogP contribution is -2.32. The third kappa shape index (κ3) is 4.73. The molecule has 0 unspecified atom stereocenters. The van der Waals surface area contributed by atoms with Crippen LogP contribution >= 0.6 is 0 Å². The number of para-hydroxylation sites is 2. The van der Waals surface area contributed by atoms with Crippen molar-refractivity contribution in [3.8, 4) is 23.0 Å². The van der Waals surface area contributed by atoms with Gasteiger partial charge in [0.15, 0.2) is 11.5 Å². The number of fused-ring (bicyclic) bond motifs is 1. The van der Waals surface area contributed by atoms with Crippen molar-refractivity contribution in [2.75, 3.05) is 33.8 Å². The molecule has 0 radical (unpaired) electrons. The Labute approximate surface area is 204 Å². The van der Waals surface area contributed by atoms with E-state index in [1.165, 1.54) is 21.3 Å². The van der Waals surface area contributed by atoms with Crippen molar-refractivity contribution in [1.82, 2.24) is 4.90 Å². The van der Waals surface area contributed by atoms with Crippen molar-refractivity contribution >= 4 is 17.5 Å². The number of methoxy groups -OCH3 is 4. The van der Waals surface area contributed by atoms with Gasteiger partial charge in [-0.3, -0.25) is 9.59 Å². The Balaban J connectivity index is 1.72. The largest absolute Gasteiger partial charge is 0.495 e. The number of nitrogens with zero attached hydrogens (tertiary/aromatic N) is 1. The van der Waals surface area contributed by atoms with E-state index in [-0.39, 0.29) is 18.2 Å². The number of nitrogens with one attached hydrogen (secondary N) is 1. The van der Waals surface area contributed by atoms with Crippen LogP contribution in [-0.2, 0) is 11.3 Å². The smallest absolute Gasteiger partial charge is 0.255 e. The highest BCUT2D eigenvalue weighted by molar-refractivity contribution is 5.99. The van der Waals surface area contributed by atoms with Crippen molar-refractivity contribution < 1.29 is 28.5 Å². The number of carbonyl (C=O) groups is 2. The van der Waals surface area contributed by atoms with Gasteiger partial charge in [0, 0.05) is 12.1 Å². The van der Waals surface area contributed by atoms with Crippen molar-refractivity contribution in [3.63, 3.8) is 0 Å². The van der Waals surface area contributed by atoms with Crippen LogP contribution in [0.15, 0.2) is 60.7 Å². The first-order chi connectivity index (χ1) is 17.0. The van der Waals surface area contributed by atoms with Crippen molar-refractivity contribution in [3.05, 3.63) is 77.4 Å². The minimum Gasteiger partial charge on any atom is -0.495 e. The predicted molar refractivity (Wildman–Crippen MR) is 131 cm³/mol. The Kier molecular flexibility index (Phi) is 7.10. The predicted octanol–water partition coefficient (Wildman–Crippen LogP) is 4.45. The second-order valence-corrected chi connectivity index (χ2v) is 8.02. The maximum Gasteiger partial charge on any atom is 0.255 e. The molecule has 1 aliphatic heterocycles. The van der Waals surface area contributed by atoms with Gasteiger partial charge in [-0.15, -0.1) is 0 Å². The number of benzene rings is 3. The van der Waals surface area contributed by atoms with Crippen LogP contribution in [0.2, 0.25) is 0 Å². The van der Waals surface area contributed by atoms with E-state index in [1.807, 2.05) is 30.3 Å². The maximum atomic E-state index is 13.4. The van der Waals surface area contributed by atoms with Crippen LogP contribution in [0, 0.1) is 0 Å². The van der Waals surface area contributed by atoms with Gasteiger partial charge in [0.25, 0.3) is 5.91 Å². The molecule has 0 bridgehead atoms. The lowest BCUT2D eigenvalue weighted by molar-refractivity contribution is -0.117. The van der Waals surface area contributed by atoms with Crippen LogP contribution in [0.3, 0.4) is 0 Å². The second kappa shape index (κ2) is 10.4. The number of hydrogen-bond acceptors (Lipinski definition) is 6. The summed E-state index contributed by atoms with van der Waals surface area (Å²) in [5.41, 5.74) is 2.80. The highest BCUT2D eigenvalue weighted by Gasteiger charge is 2.35. The summed E-state index contributed by atoms with van der Waals surface area (Å²) < 4.78 is 21.9. The fourth-order valence-corrected chi connectivity index (χ4v) is 4.36. The molecule has 8 heteroatoms. The summed E-state index contributed by atoms with van der Waals surface area (Å²) in [4.78, 5) is 28.3. The molecule has 0 saturated carbocycles. The summed E-state index contributed by atoms with van der Waals surface area (Å²) in [5, 5.41) is 2.91. The van der Waals surface area contributed by atoms with E-state index in [9.17, 15) is 9.59 Å². The number of ether oxygens (including phenoxy) is 4. The number of carbonyl (C=O) groups excluding carboxylic acids is 2. The van der Waals surface area contributed by atoms with Crippen molar-refractivity contribution in [2.45, 2.75) is 19.0 Å². The SMILES string of the molecule is COc1ccccc1NC(=O)C[C@H](c1cc(OC)c(OC)c(OC)c1)N1Cc2ccccc2C1=O. The van der Waals surface area contributed by atoms with Crippen LogP contribution in [0.1, 0.15) is 33.9 Å². The third-order valence-electron chi connectivity index (χ3n) is 6.06. The Hall–Kier alpha value is -4.20. The summed E-state index contributed by atoms with van der Waals surface area (Å²) in [5.74, 6) is 1.48. The lowest BCUT2D eigenvalue weighted by atomic mass is 10.00. The minimum atomic E-state index is -0.585. The average molecular weight is 477 g/mol. The number of amides is 2. The van der Waals surface area contributed by atoms with Gasteiger partial charge in [-0.25, -0.2) is 0 Å². The van der Waals surface area contributed by atoms with E-state index in [2.05, 4.69) is 5.32 Å². The minimum absolute atomic E-state index is 0.0103. The Morgan fingerprint density at radius 3 is 2.14 bits per heavy atom. The zero-order valence-corrected chi connectivity index (χ0v) is 20.2. The first kappa shape index (κ1) is 23.9. The Morgan fingerprint density at radius 1 is 0.886 bits per heavy atom. The van der Waals surface area contributed by atoms with Crippen LogP contribution in [-0.4, -0.2) is 45.2 Å². The fraction of sp³-hybridized carbons (Fsp3) is 0.259. The van der Waals surface area contributed by atoms with E-state index in [1.54, 1.807) is 42.3 Å². The molecular weight excluding hydrogens is 448 g/mol. The molecule has 8 nitrogen and oxygen atoms in total. The number of anilines is 1. The number of rotatable bonds is 9. The van der Waals surface area contributed by atoms with Crippen molar-refractivity contribution in [1.29, 1.82) is 0 Å². The zero-order chi connectivity index (χ0) is 24.9. The average Bonchev–Trinajstić information content (AvgIpc) is 3.22. The van der Waals surface area contributed by atoms with Gasteiger partial charge < -0.3 is 29.2 Å². The van der Waals surface area contributed by atoms with Gasteiger partial charge in [0.05, 0.1) is 46.6 Å². The van der Waals surface area contributed by atoms with Crippen LogP contribution in [0.25, 0.3) is 0 Å². The highest BCUT2D eigenvalue weighted by atomic mass is 16.5. The van der Waals surface area contributed by atoms with Crippen LogP contribution < -0.4 is 24.3 Å². The molecule has 1 atom stereocenters. The summed E-state index contributed by atoms with van der Waals surface area (Å²) in [7, 11) is 6.13. The molecule has 35 heavy (non-hydrogen) atoms. The summed E-state index contributed by atoms with van der Waals surface area (Å²) in [6, 6.07) is 17.6. The fourth-order valence-electron chi connectivity index (χ4n) is 4.36. The standard InChI is InChI=1S/C27H28N2O6/c1-32-22-12-8-7-11-20(22)28-25(30)15-21(29-16-17-9-5-6-10-19(17)27(29)31)18-13-23(33-2)26(35-4)24(14-18)34-3/h5-14,21H,15-16H2,1-4H3,(H,28,30)/t21-/m1/s1. The lowest BCUT2D eigenvalue weighted by Gasteiger charge is -2.29. The molecule has 3 aromatic carbocycles. The molecular formula is C27H28N2O6. The molecule has 2 amide bonds. The molecule has 182 valence electrons. The van der Waals surface area contributed by atoms with Gasteiger partial charge in [0.1, 0.15) is 5.75 Å². The van der Waals surface area contributed by atoms with Gasteiger partial charge in [-0.1, -0.05) is 30.3 Å². The first-order valence-corrected chi connectivity index (χ1v) is 11.1. The normalized spacial score (nSPS) is 13.1. The van der Waals surface area contributed by atoms with E-state index in [0.717, 1.165) is 5.56 Å². The van der Waals surface area contributed by atoms with Crippen LogP contribution in [0.5, 0.6) is 23.0 Å². The third-order valence-corrected chi connectivity index (χ3v) is 6.06. The van der Waals surface area contributed by atoms with Gasteiger partial charge in [-0.05, 0) is 41.5 Å². The van der Waals surface area contributed by atoms with E-state index >= 15 is 0 Å². The summed E-state index contributed by atoms with van der Waals surface area (Å²) in [6.07, 6.45) is 0.0103. The molecule has 1 aliphatic rings. The van der Waals surface area contributed by atoms with Gasteiger partial charge >= 0.3 is 0 Å². The Morgan fingerprint density at radius 2 is 1.51 bits per heavy atom. The molecule has 4 rings (SSSR count). The molecule has 0 aromatic heterocycles. The number of hydrogen-bond donors (Lipinski definition) is 1. The van der Waals surface area contributed by atoms with E-state index in [0.29, 0.717) is 46.4 Å². The summed E-state index contributed by atoms with van der Waals surface area (Å²) >= 11 is 0. The summed E-state index contributed by atoms with van der Waals surface area (Å²) in [6.45, 7) is 0.387. The monoisotopic (exact) mass is 476 g/mol. The van der Waals surface area contributed by atoms with Gasteiger partial charge in [0.2, 0.25) is 11.7 Å². The van der Waals surface area contributed by atoms with Crippen molar-refractivity contribution in [2.24, 2.45) is 0 Å². The molecule has 3 aromatic rings. The topological polar surface area (TPSA) is 86.3 Å². The second-order valence-electron chi connectivity index (χ2n) is 8.02. The van der Waals surface area contributed by atoms with Gasteiger partial charge in [-0.2, -0.15) is 0 Å². The Bertz CT molecular complexity index is 1220. The first-order valence-electron chi connectivity index (χ1n) is 11.1. The molecule has 0 spiro atoms. The molecule has 1 heterocycles. The van der Waals surface area contributed by atoms with E-state index < -0.39 is 6.04 Å².